The van der Waals surface area contributed by atoms with Crippen molar-refractivity contribution in [3.8, 4) is 0 Å². The summed E-state index contributed by atoms with van der Waals surface area (Å²) in [6, 6.07) is 0. The summed E-state index contributed by atoms with van der Waals surface area (Å²) in [5.74, 6) is 0. The monoisotopic (exact) mass is 270 g/mol. The summed E-state index contributed by atoms with van der Waals surface area (Å²) in [4.78, 5) is 0. The minimum Gasteiger partial charge on any atom is -0.409 e. The summed E-state index contributed by atoms with van der Waals surface area (Å²) in [5, 5.41) is 9.15. The second-order valence-electron chi connectivity index (χ2n) is 7.00. The summed E-state index contributed by atoms with van der Waals surface area (Å²) in [5.41, 5.74) is 0.685. The summed E-state index contributed by atoms with van der Waals surface area (Å²) in [6.07, 6.45) is 5.96. The first kappa shape index (κ1) is 17.6. The van der Waals surface area contributed by atoms with Crippen LogP contribution in [-0.4, -0.2) is 25.6 Å². The summed E-state index contributed by atoms with van der Waals surface area (Å²) in [7, 11) is -1.75. The van der Waals surface area contributed by atoms with Crippen molar-refractivity contribution in [2.45, 2.75) is 65.3 Å². The summed E-state index contributed by atoms with van der Waals surface area (Å²) >= 11 is 0. The molecule has 0 aliphatic carbocycles. The van der Waals surface area contributed by atoms with Crippen LogP contribution in [0.3, 0.4) is 0 Å². The van der Waals surface area contributed by atoms with E-state index in [9.17, 15) is 0 Å². The van der Waals surface area contributed by atoms with E-state index in [0.29, 0.717) is 0 Å². The van der Waals surface area contributed by atoms with Gasteiger partial charge in [-0.3, -0.25) is 0 Å². The Morgan fingerprint density at radius 1 is 1.17 bits per heavy atom. The Morgan fingerprint density at radius 2 is 1.67 bits per heavy atom. The molecule has 0 saturated carbocycles. The van der Waals surface area contributed by atoms with E-state index in [4.69, 9.17) is 9.53 Å². The Bertz CT molecular complexity index is 320. The van der Waals surface area contributed by atoms with Gasteiger partial charge in [0.15, 0.2) is 8.32 Å². The molecule has 106 valence electrons. The highest BCUT2D eigenvalue weighted by Gasteiger charge is 2.40. The van der Waals surface area contributed by atoms with E-state index in [1.165, 1.54) is 0 Å². The fourth-order valence-electron chi connectivity index (χ4n) is 1.34. The van der Waals surface area contributed by atoms with E-state index in [1.807, 2.05) is 19.1 Å². The van der Waals surface area contributed by atoms with Gasteiger partial charge in [0.25, 0.3) is 0 Å². The number of aliphatic hydroxyl groups is 1. The molecule has 0 rings (SSSR count). The lowest BCUT2D eigenvalue weighted by Crippen LogP contribution is -2.46. The van der Waals surface area contributed by atoms with Crippen LogP contribution < -0.4 is 0 Å². The van der Waals surface area contributed by atoms with Crippen molar-refractivity contribution in [2.75, 3.05) is 6.61 Å². The quantitative estimate of drug-likeness (QED) is 0.597. The molecule has 0 saturated heterocycles. The van der Waals surface area contributed by atoms with Gasteiger partial charge in [0.2, 0.25) is 0 Å². The summed E-state index contributed by atoms with van der Waals surface area (Å²) in [6.45, 7) is 17.4. The molecule has 0 aliphatic heterocycles. The largest absolute Gasteiger partial charge is 0.409 e. The Balaban J connectivity index is 4.77. The Morgan fingerprint density at radius 3 is 2.06 bits per heavy atom. The van der Waals surface area contributed by atoms with E-state index in [0.717, 1.165) is 5.57 Å². The van der Waals surface area contributed by atoms with Crippen LogP contribution >= 0.6 is 0 Å². The van der Waals surface area contributed by atoms with Crippen LogP contribution in [-0.2, 0) is 4.43 Å². The molecular formula is C15H30O2Si. The van der Waals surface area contributed by atoms with Crippen LogP contribution in [0.2, 0.25) is 18.1 Å². The summed E-state index contributed by atoms with van der Waals surface area (Å²) < 4.78 is 6.37. The highest BCUT2D eigenvalue weighted by Crippen LogP contribution is 2.39. The minimum absolute atomic E-state index is 0.105. The predicted molar refractivity (Wildman–Crippen MR) is 82.3 cm³/mol. The van der Waals surface area contributed by atoms with Crippen LogP contribution in [0.4, 0.5) is 0 Å². The van der Waals surface area contributed by atoms with Gasteiger partial charge in [0.05, 0.1) is 12.2 Å². The van der Waals surface area contributed by atoms with Gasteiger partial charge in [-0.1, -0.05) is 39.0 Å². The van der Waals surface area contributed by atoms with Crippen molar-refractivity contribution in [3.05, 3.63) is 23.8 Å². The van der Waals surface area contributed by atoms with Gasteiger partial charge in [0, 0.05) is 0 Å². The van der Waals surface area contributed by atoms with Gasteiger partial charge in [-0.15, -0.1) is 0 Å². The molecule has 0 spiro atoms. The van der Waals surface area contributed by atoms with Crippen LogP contribution in [0.5, 0.6) is 0 Å². The van der Waals surface area contributed by atoms with Crippen LogP contribution in [0.25, 0.3) is 0 Å². The maximum atomic E-state index is 8.93. The second-order valence-corrected chi connectivity index (χ2v) is 11.7. The molecule has 0 aromatic heterocycles. The first-order valence-corrected chi connectivity index (χ1v) is 9.48. The van der Waals surface area contributed by atoms with Gasteiger partial charge < -0.3 is 9.53 Å². The van der Waals surface area contributed by atoms with Crippen molar-refractivity contribution < 1.29 is 9.53 Å². The van der Waals surface area contributed by atoms with Crippen LogP contribution in [0.1, 0.15) is 41.5 Å². The normalized spacial score (nSPS) is 15.5. The maximum Gasteiger partial charge on any atom is 0.193 e. The lowest BCUT2D eigenvalue weighted by atomic mass is 10.1. The molecule has 0 heterocycles. The zero-order chi connectivity index (χ0) is 14.6. The van der Waals surface area contributed by atoms with E-state index in [2.05, 4.69) is 53.8 Å². The Hall–Kier alpha value is -0.383. The molecule has 0 atom stereocenters. The topological polar surface area (TPSA) is 29.5 Å². The van der Waals surface area contributed by atoms with Crippen molar-refractivity contribution in [2.24, 2.45) is 0 Å². The third-order valence-electron chi connectivity index (χ3n) is 3.45. The van der Waals surface area contributed by atoms with Gasteiger partial charge in [-0.05, 0) is 44.5 Å². The predicted octanol–water partition coefficient (Wildman–Crippen LogP) is 4.28. The van der Waals surface area contributed by atoms with Gasteiger partial charge in [0.1, 0.15) is 0 Å². The fourth-order valence-corrected chi connectivity index (χ4v) is 3.03. The van der Waals surface area contributed by atoms with Crippen molar-refractivity contribution >= 4 is 8.32 Å². The number of allylic oxidation sites excluding steroid dienone is 2. The zero-order valence-electron chi connectivity index (χ0n) is 13.3. The first-order valence-electron chi connectivity index (χ1n) is 6.57. The number of rotatable bonds is 5. The standard InChI is InChI=1S/C15H30O2Si/c1-13(12-16)10-9-11-15(5,6)17-18(7,8)14(2,3)4/h9-11,16H,12H2,1-8H3/b11-9-,13-10+. The fraction of sp³-hybridized carbons (Fsp3) is 0.733. The number of hydrogen-bond donors (Lipinski definition) is 1. The first-order chi connectivity index (χ1) is 7.91. The average Bonchev–Trinajstić information content (AvgIpc) is 2.13. The zero-order valence-corrected chi connectivity index (χ0v) is 14.3. The molecule has 0 amide bonds. The molecule has 0 fully saturated rings. The third kappa shape index (κ3) is 5.98. The molecule has 0 aromatic rings. The number of aliphatic hydroxyl groups excluding tert-OH is 1. The molecule has 0 aliphatic rings. The molecule has 3 heteroatoms. The third-order valence-corrected chi connectivity index (χ3v) is 8.10. The van der Waals surface area contributed by atoms with E-state index in [1.54, 1.807) is 0 Å². The SMILES string of the molecule is C/C(=C\C=C/C(C)(C)O[Si](C)(C)C(C)(C)C)CO. The van der Waals surface area contributed by atoms with E-state index >= 15 is 0 Å². The second kappa shape index (κ2) is 6.18. The molecule has 0 bridgehead atoms. The van der Waals surface area contributed by atoms with Crippen LogP contribution in [0.15, 0.2) is 23.8 Å². The van der Waals surface area contributed by atoms with Crippen molar-refractivity contribution in [3.63, 3.8) is 0 Å². The van der Waals surface area contributed by atoms with Gasteiger partial charge in [-0.2, -0.15) is 0 Å². The van der Waals surface area contributed by atoms with E-state index in [-0.39, 0.29) is 17.2 Å². The maximum absolute atomic E-state index is 8.93. The lowest BCUT2D eigenvalue weighted by Gasteiger charge is -2.41. The van der Waals surface area contributed by atoms with E-state index < -0.39 is 8.32 Å². The Kier molecular flexibility index (Phi) is 6.04. The van der Waals surface area contributed by atoms with Gasteiger partial charge >= 0.3 is 0 Å². The minimum atomic E-state index is -1.75. The average molecular weight is 270 g/mol. The molecule has 1 N–H and O–H groups in total. The molecular weight excluding hydrogens is 240 g/mol. The molecule has 0 unspecified atom stereocenters. The molecule has 2 nitrogen and oxygen atoms in total. The molecule has 0 radical (unpaired) electrons. The highest BCUT2D eigenvalue weighted by atomic mass is 28.4. The highest BCUT2D eigenvalue weighted by molar-refractivity contribution is 6.74. The van der Waals surface area contributed by atoms with Crippen LogP contribution in [0, 0.1) is 0 Å². The van der Waals surface area contributed by atoms with Gasteiger partial charge in [-0.25, -0.2) is 0 Å². The smallest absolute Gasteiger partial charge is 0.193 e. The number of hydrogen-bond acceptors (Lipinski definition) is 2. The molecule has 18 heavy (non-hydrogen) atoms. The Labute approximate surface area is 114 Å². The van der Waals surface area contributed by atoms with Crippen molar-refractivity contribution in [1.29, 1.82) is 0 Å². The lowest BCUT2D eigenvalue weighted by molar-refractivity contribution is 0.141. The van der Waals surface area contributed by atoms with Crippen molar-refractivity contribution in [1.82, 2.24) is 0 Å². The molecule has 0 aromatic carbocycles.